The number of anilines is 2. The van der Waals surface area contributed by atoms with Crippen molar-refractivity contribution >= 4 is 27.3 Å². The van der Waals surface area contributed by atoms with E-state index in [9.17, 15) is 13.2 Å². The summed E-state index contributed by atoms with van der Waals surface area (Å²) in [6, 6.07) is 5.32. The molecule has 1 aromatic carbocycles. The molecule has 1 aliphatic rings. The molecule has 0 fully saturated rings. The fraction of sp³-hybridized carbons (Fsp3) is 0.417. The van der Waals surface area contributed by atoms with Crippen molar-refractivity contribution in [2.45, 2.75) is 19.8 Å². The molecule has 0 aromatic heterocycles. The van der Waals surface area contributed by atoms with E-state index in [-0.39, 0.29) is 5.91 Å². The molecule has 1 aliphatic heterocycles. The predicted octanol–water partition coefficient (Wildman–Crippen LogP) is 1.36. The summed E-state index contributed by atoms with van der Waals surface area (Å²) < 4.78 is 24.8. The van der Waals surface area contributed by atoms with E-state index in [0.717, 1.165) is 24.1 Å². The van der Waals surface area contributed by atoms with Gasteiger partial charge >= 0.3 is 0 Å². The van der Waals surface area contributed by atoms with Gasteiger partial charge in [0, 0.05) is 19.2 Å². The minimum atomic E-state index is -3.23. The highest BCUT2D eigenvalue weighted by Crippen LogP contribution is 2.31. The van der Waals surface area contributed by atoms with Crippen LogP contribution in [0.25, 0.3) is 0 Å². The lowest BCUT2D eigenvalue weighted by Crippen LogP contribution is -2.34. The van der Waals surface area contributed by atoms with E-state index in [1.54, 1.807) is 12.1 Å². The predicted molar refractivity (Wildman–Crippen MR) is 71.3 cm³/mol. The number of nitrogens with one attached hydrogen (secondary N) is 1. The van der Waals surface area contributed by atoms with Gasteiger partial charge in [0.2, 0.25) is 15.9 Å². The van der Waals surface area contributed by atoms with Gasteiger partial charge in [-0.25, -0.2) is 8.42 Å². The summed E-state index contributed by atoms with van der Waals surface area (Å²) in [5, 5.41) is 2.70. The van der Waals surface area contributed by atoms with Crippen LogP contribution in [0.5, 0.6) is 0 Å². The number of fused-ring (bicyclic) bond motifs is 1. The first-order chi connectivity index (χ1) is 8.38. The first kappa shape index (κ1) is 12.9. The Kier molecular flexibility index (Phi) is 3.30. The molecule has 18 heavy (non-hydrogen) atoms. The van der Waals surface area contributed by atoms with E-state index >= 15 is 0 Å². The molecule has 1 heterocycles. The lowest BCUT2D eigenvalue weighted by atomic mass is 10.0. The first-order valence-electron chi connectivity index (χ1n) is 5.76. The lowest BCUT2D eigenvalue weighted by molar-refractivity contribution is -0.114. The number of benzene rings is 1. The second-order valence-corrected chi connectivity index (χ2v) is 6.37. The quantitative estimate of drug-likeness (QED) is 0.880. The van der Waals surface area contributed by atoms with Crippen LogP contribution in [0.4, 0.5) is 11.4 Å². The molecular formula is C12H16N2O3S. The fourth-order valence-electron chi connectivity index (χ4n) is 2.19. The molecule has 0 unspecified atom stereocenters. The SMILES string of the molecule is CC(=O)Nc1ccc2c(c1)CCCN2S(C)(=O)=O. The van der Waals surface area contributed by atoms with Crippen LogP contribution in [0.2, 0.25) is 0 Å². The molecule has 6 heteroatoms. The van der Waals surface area contributed by atoms with Gasteiger partial charge in [0.15, 0.2) is 0 Å². The van der Waals surface area contributed by atoms with Crippen molar-refractivity contribution in [2.24, 2.45) is 0 Å². The number of carbonyl (C=O) groups is 1. The van der Waals surface area contributed by atoms with Crippen LogP contribution in [0.3, 0.4) is 0 Å². The Labute approximate surface area is 107 Å². The minimum absolute atomic E-state index is 0.134. The van der Waals surface area contributed by atoms with Crippen LogP contribution >= 0.6 is 0 Å². The van der Waals surface area contributed by atoms with Crippen LogP contribution < -0.4 is 9.62 Å². The highest BCUT2D eigenvalue weighted by atomic mass is 32.2. The molecular weight excluding hydrogens is 252 g/mol. The Hall–Kier alpha value is -1.56. The maximum absolute atomic E-state index is 11.7. The number of nitrogens with zero attached hydrogens (tertiary/aromatic N) is 1. The number of amides is 1. The van der Waals surface area contributed by atoms with Crippen molar-refractivity contribution in [1.29, 1.82) is 0 Å². The van der Waals surface area contributed by atoms with Gasteiger partial charge in [-0.1, -0.05) is 0 Å². The Bertz CT molecular complexity index is 581. The normalized spacial score (nSPS) is 15.1. The zero-order valence-electron chi connectivity index (χ0n) is 10.4. The number of aryl methyl sites for hydroxylation is 1. The monoisotopic (exact) mass is 268 g/mol. The molecule has 2 rings (SSSR count). The highest BCUT2D eigenvalue weighted by molar-refractivity contribution is 7.92. The minimum Gasteiger partial charge on any atom is -0.326 e. The number of rotatable bonds is 2. The van der Waals surface area contributed by atoms with Crippen molar-refractivity contribution in [1.82, 2.24) is 0 Å². The summed E-state index contributed by atoms with van der Waals surface area (Å²) in [6.45, 7) is 1.97. The molecule has 0 saturated heterocycles. The van der Waals surface area contributed by atoms with Crippen molar-refractivity contribution in [3.05, 3.63) is 23.8 Å². The Morgan fingerprint density at radius 2 is 2.11 bits per heavy atom. The third-order valence-corrected chi connectivity index (χ3v) is 4.06. The smallest absolute Gasteiger partial charge is 0.232 e. The van der Waals surface area contributed by atoms with Crippen LogP contribution in [0.15, 0.2) is 18.2 Å². The summed E-state index contributed by atoms with van der Waals surface area (Å²) in [5.74, 6) is -0.134. The molecule has 0 atom stereocenters. The van der Waals surface area contributed by atoms with E-state index < -0.39 is 10.0 Å². The fourth-order valence-corrected chi connectivity index (χ4v) is 3.18. The van der Waals surface area contributed by atoms with Crippen LogP contribution in [0, 0.1) is 0 Å². The molecule has 0 saturated carbocycles. The van der Waals surface area contributed by atoms with Gasteiger partial charge in [-0.05, 0) is 36.6 Å². The largest absolute Gasteiger partial charge is 0.326 e. The van der Waals surface area contributed by atoms with E-state index in [1.165, 1.54) is 17.5 Å². The summed E-state index contributed by atoms with van der Waals surface area (Å²) in [7, 11) is -3.23. The third-order valence-electron chi connectivity index (χ3n) is 2.88. The van der Waals surface area contributed by atoms with Crippen LogP contribution in [-0.2, 0) is 21.2 Å². The molecule has 1 aromatic rings. The summed E-state index contributed by atoms with van der Waals surface area (Å²) in [6.07, 6.45) is 2.84. The molecule has 1 amide bonds. The van der Waals surface area contributed by atoms with E-state index in [1.807, 2.05) is 6.07 Å². The van der Waals surface area contributed by atoms with Crippen molar-refractivity contribution in [3.8, 4) is 0 Å². The van der Waals surface area contributed by atoms with Crippen LogP contribution in [-0.4, -0.2) is 27.1 Å². The van der Waals surface area contributed by atoms with E-state index in [2.05, 4.69) is 5.32 Å². The summed E-state index contributed by atoms with van der Waals surface area (Å²) in [5.41, 5.74) is 2.38. The van der Waals surface area contributed by atoms with Gasteiger partial charge in [-0.15, -0.1) is 0 Å². The maximum atomic E-state index is 11.7. The van der Waals surface area contributed by atoms with E-state index in [4.69, 9.17) is 0 Å². The zero-order chi connectivity index (χ0) is 13.3. The van der Waals surface area contributed by atoms with Gasteiger partial charge in [0.1, 0.15) is 0 Å². The number of hydrogen-bond acceptors (Lipinski definition) is 3. The number of hydrogen-bond donors (Lipinski definition) is 1. The Morgan fingerprint density at radius 3 is 2.72 bits per heavy atom. The van der Waals surface area contributed by atoms with Gasteiger partial charge in [0.25, 0.3) is 0 Å². The van der Waals surface area contributed by atoms with Crippen molar-refractivity contribution < 1.29 is 13.2 Å². The van der Waals surface area contributed by atoms with E-state index in [0.29, 0.717) is 12.2 Å². The molecule has 0 radical (unpaired) electrons. The van der Waals surface area contributed by atoms with Gasteiger partial charge in [-0.3, -0.25) is 9.10 Å². The first-order valence-corrected chi connectivity index (χ1v) is 7.61. The molecule has 1 N–H and O–H groups in total. The lowest BCUT2D eigenvalue weighted by Gasteiger charge is -2.29. The zero-order valence-corrected chi connectivity index (χ0v) is 11.3. The topological polar surface area (TPSA) is 66.5 Å². The molecule has 5 nitrogen and oxygen atoms in total. The third kappa shape index (κ3) is 2.64. The van der Waals surface area contributed by atoms with Crippen molar-refractivity contribution in [3.63, 3.8) is 0 Å². The van der Waals surface area contributed by atoms with Gasteiger partial charge in [0.05, 0.1) is 11.9 Å². The summed E-state index contributed by atoms with van der Waals surface area (Å²) in [4.78, 5) is 11.0. The number of sulfonamides is 1. The Balaban J connectivity index is 2.39. The molecule has 98 valence electrons. The number of carbonyl (C=O) groups excluding carboxylic acids is 1. The van der Waals surface area contributed by atoms with Gasteiger partial charge in [-0.2, -0.15) is 0 Å². The second-order valence-electron chi connectivity index (χ2n) is 4.46. The van der Waals surface area contributed by atoms with Gasteiger partial charge < -0.3 is 5.32 Å². The summed E-state index contributed by atoms with van der Waals surface area (Å²) >= 11 is 0. The average molecular weight is 268 g/mol. The highest BCUT2D eigenvalue weighted by Gasteiger charge is 2.23. The molecule has 0 spiro atoms. The van der Waals surface area contributed by atoms with Crippen molar-refractivity contribution in [2.75, 3.05) is 22.4 Å². The second kappa shape index (κ2) is 4.61. The molecule has 0 bridgehead atoms. The standard InChI is InChI=1S/C12H16N2O3S/c1-9(15)13-11-5-6-12-10(8-11)4-3-7-14(12)18(2,16)17/h5-6,8H,3-4,7H2,1-2H3,(H,13,15). The maximum Gasteiger partial charge on any atom is 0.232 e. The van der Waals surface area contributed by atoms with Crippen LogP contribution in [0.1, 0.15) is 18.9 Å². The average Bonchev–Trinajstić information content (AvgIpc) is 2.25. The molecule has 0 aliphatic carbocycles. The Morgan fingerprint density at radius 1 is 1.39 bits per heavy atom.